The Morgan fingerprint density at radius 1 is 1.43 bits per heavy atom. The summed E-state index contributed by atoms with van der Waals surface area (Å²) < 4.78 is 5.22. The normalized spacial score (nSPS) is 16.2. The van der Waals surface area contributed by atoms with Crippen LogP contribution >= 0.6 is 11.6 Å². The first-order valence-electron chi connectivity index (χ1n) is 7.33. The summed E-state index contributed by atoms with van der Waals surface area (Å²) in [5.74, 6) is -1.16. The van der Waals surface area contributed by atoms with Gasteiger partial charge in [-0.1, -0.05) is 17.7 Å². The number of carboxylic acid groups (broad SMARTS) is 1. The van der Waals surface area contributed by atoms with Gasteiger partial charge in [0.1, 0.15) is 12.2 Å². The number of aryl methyl sites for hydroxylation is 2. The highest BCUT2D eigenvalue weighted by Crippen LogP contribution is 2.33. The Kier molecular flexibility index (Phi) is 4.13. The number of aliphatic carboxylic acids is 1. The summed E-state index contributed by atoms with van der Waals surface area (Å²) >= 11 is 5.99. The van der Waals surface area contributed by atoms with Crippen molar-refractivity contribution in [2.24, 2.45) is 0 Å². The van der Waals surface area contributed by atoms with Crippen molar-refractivity contribution in [3.05, 3.63) is 57.5 Å². The zero-order valence-corrected chi connectivity index (χ0v) is 13.3. The van der Waals surface area contributed by atoms with Gasteiger partial charge in [-0.2, -0.15) is 0 Å². The number of hydrogen-bond donors (Lipinski definition) is 2. The second-order valence-electron chi connectivity index (χ2n) is 5.70. The number of carboxylic acids is 1. The monoisotopic (exact) mass is 333 g/mol. The molecule has 2 N–H and O–H groups in total. The minimum absolute atomic E-state index is 0.0956. The molecule has 0 saturated heterocycles. The number of nitrogens with one attached hydrogen (secondary N) is 1. The van der Waals surface area contributed by atoms with Crippen LogP contribution in [-0.4, -0.2) is 17.0 Å². The number of rotatable bonds is 4. The summed E-state index contributed by atoms with van der Waals surface area (Å²) in [6.07, 6.45) is 2.75. The van der Waals surface area contributed by atoms with E-state index in [0.29, 0.717) is 16.1 Å². The van der Waals surface area contributed by atoms with Crippen molar-refractivity contribution in [1.29, 1.82) is 0 Å². The van der Waals surface area contributed by atoms with Gasteiger partial charge in [-0.05, 0) is 43.0 Å². The molecule has 1 aliphatic carbocycles. The van der Waals surface area contributed by atoms with Gasteiger partial charge < -0.3 is 14.8 Å². The topological polar surface area (TPSA) is 79.5 Å². The van der Waals surface area contributed by atoms with Crippen LogP contribution in [0.2, 0.25) is 5.02 Å². The predicted octanol–water partition coefficient (Wildman–Crippen LogP) is 3.29. The standard InChI is InChI=1S/C17H16ClNO4/c1-9-8-23-14(7-15(20)21)16(9)17(22)19-13-5-2-10-6-11(18)3-4-12(10)13/h3-4,6,8,13H,2,5,7H2,1H3,(H,19,22)(H,20,21). The molecule has 23 heavy (non-hydrogen) atoms. The summed E-state index contributed by atoms with van der Waals surface area (Å²) in [5, 5.41) is 12.6. The molecule has 3 rings (SSSR count). The van der Waals surface area contributed by atoms with Crippen LogP contribution in [0.3, 0.4) is 0 Å². The van der Waals surface area contributed by atoms with E-state index in [9.17, 15) is 9.59 Å². The number of furan rings is 1. The fourth-order valence-electron chi connectivity index (χ4n) is 3.04. The van der Waals surface area contributed by atoms with Crippen LogP contribution in [0.4, 0.5) is 0 Å². The van der Waals surface area contributed by atoms with Crippen LogP contribution in [-0.2, 0) is 17.6 Å². The third kappa shape index (κ3) is 3.10. The van der Waals surface area contributed by atoms with Crippen molar-refractivity contribution in [1.82, 2.24) is 5.32 Å². The van der Waals surface area contributed by atoms with Crippen molar-refractivity contribution in [2.45, 2.75) is 32.2 Å². The first-order chi connectivity index (χ1) is 11.0. The summed E-state index contributed by atoms with van der Waals surface area (Å²) in [6.45, 7) is 1.73. The van der Waals surface area contributed by atoms with Crippen LogP contribution in [0, 0.1) is 6.92 Å². The van der Waals surface area contributed by atoms with E-state index in [1.54, 1.807) is 6.92 Å². The van der Waals surface area contributed by atoms with Crippen molar-refractivity contribution in [3.8, 4) is 0 Å². The molecule has 0 saturated carbocycles. The van der Waals surface area contributed by atoms with Crippen LogP contribution in [0.5, 0.6) is 0 Å². The largest absolute Gasteiger partial charge is 0.481 e. The second-order valence-corrected chi connectivity index (χ2v) is 6.13. The smallest absolute Gasteiger partial charge is 0.311 e. The van der Waals surface area contributed by atoms with E-state index in [0.717, 1.165) is 24.0 Å². The molecule has 0 aliphatic heterocycles. The SMILES string of the molecule is Cc1coc(CC(=O)O)c1C(=O)NC1CCc2cc(Cl)ccc21. The van der Waals surface area contributed by atoms with E-state index >= 15 is 0 Å². The Morgan fingerprint density at radius 2 is 2.22 bits per heavy atom. The van der Waals surface area contributed by atoms with Crippen molar-refractivity contribution in [2.75, 3.05) is 0 Å². The third-order valence-electron chi connectivity index (χ3n) is 4.08. The third-order valence-corrected chi connectivity index (χ3v) is 4.31. The fourth-order valence-corrected chi connectivity index (χ4v) is 3.23. The molecule has 1 aliphatic rings. The van der Waals surface area contributed by atoms with E-state index < -0.39 is 5.97 Å². The molecule has 120 valence electrons. The van der Waals surface area contributed by atoms with Gasteiger partial charge in [0.25, 0.3) is 5.91 Å². The van der Waals surface area contributed by atoms with Crippen LogP contribution in [0.25, 0.3) is 0 Å². The molecule has 0 spiro atoms. The second kappa shape index (κ2) is 6.08. The molecule has 0 bridgehead atoms. The molecule has 0 fully saturated rings. The lowest BCUT2D eigenvalue weighted by molar-refractivity contribution is -0.136. The van der Waals surface area contributed by atoms with Crippen LogP contribution in [0.15, 0.2) is 28.9 Å². The number of carbonyl (C=O) groups is 2. The average Bonchev–Trinajstić information content (AvgIpc) is 3.02. The summed E-state index contributed by atoms with van der Waals surface area (Å²) in [7, 11) is 0. The van der Waals surface area contributed by atoms with Gasteiger partial charge in [-0.3, -0.25) is 9.59 Å². The predicted molar refractivity (Wildman–Crippen MR) is 84.8 cm³/mol. The molecule has 6 heteroatoms. The Balaban J connectivity index is 1.82. The fraction of sp³-hybridized carbons (Fsp3) is 0.294. The number of halogens is 1. The van der Waals surface area contributed by atoms with Crippen LogP contribution < -0.4 is 5.32 Å². The molecule has 1 unspecified atom stereocenters. The Morgan fingerprint density at radius 3 is 2.96 bits per heavy atom. The molecular weight excluding hydrogens is 318 g/mol. The average molecular weight is 334 g/mol. The highest BCUT2D eigenvalue weighted by atomic mass is 35.5. The molecule has 1 aromatic carbocycles. The Bertz CT molecular complexity index is 781. The minimum atomic E-state index is -1.03. The summed E-state index contributed by atoms with van der Waals surface area (Å²) in [6, 6.07) is 5.56. The lowest BCUT2D eigenvalue weighted by Crippen LogP contribution is -2.28. The molecular formula is C17H16ClNO4. The lowest BCUT2D eigenvalue weighted by Gasteiger charge is -2.14. The van der Waals surface area contributed by atoms with E-state index in [4.69, 9.17) is 21.1 Å². The van der Waals surface area contributed by atoms with E-state index in [-0.39, 0.29) is 24.1 Å². The van der Waals surface area contributed by atoms with Gasteiger partial charge in [0, 0.05) is 10.6 Å². The number of carbonyl (C=O) groups excluding carboxylic acids is 1. The molecule has 5 nitrogen and oxygen atoms in total. The molecule has 1 aromatic heterocycles. The van der Waals surface area contributed by atoms with Gasteiger partial charge in [-0.15, -0.1) is 0 Å². The maximum absolute atomic E-state index is 12.6. The molecule has 2 aromatic rings. The molecule has 1 heterocycles. The van der Waals surface area contributed by atoms with Crippen LogP contribution in [0.1, 0.15) is 45.3 Å². The zero-order valence-electron chi connectivity index (χ0n) is 12.6. The van der Waals surface area contributed by atoms with Gasteiger partial charge >= 0.3 is 5.97 Å². The van der Waals surface area contributed by atoms with Gasteiger partial charge in [0.15, 0.2) is 0 Å². The molecule has 1 atom stereocenters. The van der Waals surface area contributed by atoms with Gasteiger partial charge in [0.05, 0.1) is 17.9 Å². The highest BCUT2D eigenvalue weighted by molar-refractivity contribution is 6.30. The number of benzene rings is 1. The van der Waals surface area contributed by atoms with E-state index in [1.807, 2.05) is 18.2 Å². The van der Waals surface area contributed by atoms with Crippen molar-refractivity contribution >= 4 is 23.5 Å². The first-order valence-corrected chi connectivity index (χ1v) is 7.71. The summed E-state index contributed by atoms with van der Waals surface area (Å²) in [5.41, 5.74) is 3.14. The van der Waals surface area contributed by atoms with Crippen molar-refractivity contribution in [3.63, 3.8) is 0 Å². The van der Waals surface area contributed by atoms with Gasteiger partial charge in [-0.25, -0.2) is 0 Å². The minimum Gasteiger partial charge on any atom is -0.481 e. The first kappa shape index (κ1) is 15.6. The molecule has 0 radical (unpaired) electrons. The molecule has 1 amide bonds. The Labute approximate surface area is 138 Å². The quantitative estimate of drug-likeness (QED) is 0.899. The van der Waals surface area contributed by atoms with E-state index in [2.05, 4.69) is 5.32 Å². The maximum atomic E-state index is 12.6. The zero-order chi connectivity index (χ0) is 16.6. The number of amides is 1. The Hall–Kier alpha value is -2.27. The summed E-state index contributed by atoms with van der Waals surface area (Å²) in [4.78, 5) is 23.5. The highest BCUT2D eigenvalue weighted by Gasteiger charge is 2.27. The number of fused-ring (bicyclic) bond motifs is 1. The van der Waals surface area contributed by atoms with E-state index in [1.165, 1.54) is 6.26 Å². The number of hydrogen-bond acceptors (Lipinski definition) is 3. The lowest BCUT2D eigenvalue weighted by atomic mass is 10.1. The van der Waals surface area contributed by atoms with Crippen molar-refractivity contribution < 1.29 is 19.1 Å². The van der Waals surface area contributed by atoms with Gasteiger partial charge in [0.2, 0.25) is 0 Å². The maximum Gasteiger partial charge on any atom is 0.311 e.